The molecule has 10 heteroatoms. The van der Waals surface area contributed by atoms with E-state index >= 15 is 0 Å². The summed E-state index contributed by atoms with van der Waals surface area (Å²) in [6.45, 7) is 1.11. The van der Waals surface area contributed by atoms with Crippen LogP contribution in [-0.2, 0) is 22.2 Å². The molecule has 0 aliphatic carbocycles. The fraction of sp³-hybridized carbons (Fsp3) is 0.588. The number of urea groups is 1. The third-order valence-electron chi connectivity index (χ3n) is 4.69. The summed E-state index contributed by atoms with van der Waals surface area (Å²) >= 11 is 0. The zero-order chi connectivity index (χ0) is 19.6. The van der Waals surface area contributed by atoms with Crippen LogP contribution in [0, 0.1) is 11.6 Å². The van der Waals surface area contributed by atoms with Crippen LogP contribution in [0.4, 0.5) is 26.7 Å². The summed E-state index contributed by atoms with van der Waals surface area (Å²) in [5.41, 5.74) is -2.04. The minimum Gasteiger partial charge on any atom is -0.377 e. The smallest absolute Gasteiger partial charge is 0.377 e. The van der Waals surface area contributed by atoms with Crippen LogP contribution in [-0.4, -0.2) is 49.4 Å². The van der Waals surface area contributed by atoms with Crippen LogP contribution in [0.3, 0.4) is 0 Å². The van der Waals surface area contributed by atoms with E-state index in [0.29, 0.717) is 32.4 Å². The number of amides is 2. The quantitative estimate of drug-likeness (QED) is 0.802. The summed E-state index contributed by atoms with van der Waals surface area (Å²) in [6.07, 6.45) is -3.48. The number of hydrogen-bond acceptors (Lipinski definition) is 3. The monoisotopic (exact) mass is 394 g/mol. The number of carbonyl (C=O) groups is 1. The molecule has 1 aromatic carbocycles. The number of carbonyl (C=O) groups excluding carboxylic acids is 1. The van der Waals surface area contributed by atoms with E-state index in [1.165, 1.54) is 4.90 Å². The molecule has 2 heterocycles. The van der Waals surface area contributed by atoms with Crippen molar-refractivity contribution in [1.29, 1.82) is 0 Å². The number of halogens is 5. The minimum absolute atomic E-state index is 0.0979. The van der Waals surface area contributed by atoms with Gasteiger partial charge in [0.2, 0.25) is 0 Å². The van der Waals surface area contributed by atoms with Crippen LogP contribution < -0.4 is 5.32 Å². The predicted octanol–water partition coefficient (Wildman–Crippen LogP) is 3.07. The fourth-order valence-electron chi connectivity index (χ4n) is 3.30. The molecule has 0 aromatic heterocycles. The summed E-state index contributed by atoms with van der Waals surface area (Å²) in [5.74, 6) is -2.82. The highest BCUT2D eigenvalue weighted by atomic mass is 19.4. The first-order valence-electron chi connectivity index (χ1n) is 8.56. The van der Waals surface area contributed by atoms with E-state index in [4.69, 9.17) is 9.47 Å². The Labute approximate surface area is 152 Å². The SMILES string of the molecule is O=C(NCc1cc(F)c(C(F)(F)F)cc1F)N1CCOCC1C1CCCO1. The maximum Gasteiger partial charge on any atom is 0.419 e. The van der Waals surface area contributed by atoms with Crippen molar-refractivity contribution in [3.63, 3.8) is 0 Å². The van der Waals surface area contributed by atoms with Gasteiger partial charge in [-0.1, -0.05) is 0 Å². The molecule has 0 spiro atoms. The van der Waals surface area contributed by atoms with Gasteiger partial charge in [-0.3, -0.25) is 0 Å². The molecule has 2 unspecified atom stereocenters. The number of morpholine rings is 1. The Balaban J connectivity index is 1.67. The maximum absolute atomic E-state index is 13.9. The molecular formula is C17H19F5N2O3. The van der Waals surface area contributed by atoms with Gasteiger partial charge in [-0.25, -0.2) is 13.6 Å². The van der Waals surface area contributed by atoms with Gasteiger partial charge in [0.05, 0.1) is 30.9 Å². The molecule has 0 bridgehead atoms. The molecule has 0 saturated carbocycles. The average Bonchev–Trinajstić information content (AvgIpc) is 3.15. The van der Waals surface area contributed by atoms with Crippen molar-refractivity contribution in [3.8, 4) is 0 Å². The van der Waals surface area contributed by atoms with Crippen LogP contribution in [0.15, 0.2) is 12.1 Å². The van der Waals surface area contributed by atoms with Gasteiger partial charge in [-0.2, -0.15) is 13.2 Å². The largest absolute Gasteiger partial charge is 0.419 e. The van der Waals surface area contributed by atoms with Gasteiger partial charge in [0.1, 0.15) is 11.6 Å². The van der Waals surface area contributed by atoms with Gasteiger partial charge in [-0.05, 0) is 25.0 Å². The number of alkyl halides is 3. The third kappa shape index (κ3) is 4.49. The molecule has 3 rings (SSSR count). The highest BCUT2D eigenvalue weighted by Gasteiger charge is 2.37. The molecule has 2 saturated heterocycles. The number of ether oxygens (including phenoxy) is 2. The highest BCUT2D eigenvalue weighted by molar-refractivity contribution is 5.74. The number of rotatable bonds is 3. The second-order valence-electron chi connectivity index (χ2n) is 6.47. The van der Waals surface area contributed by atoms with Crippen LogP contribution in [0.2, 0.25) is 0 Å². The van der Waals surface area contributed by atoms with Crippen LogP contribution in [0.25, 0.3) is 0 Å². The summed E-state index contributed by atoms with van der Waals surface area (Å²) in [7, 11) is 0. The molecule has 0 radical (unpaired) electrons. The van der Waals surface area contributed by atoms with Crippen LogP contribution in [0.1, 0.15) is 24.0 Å². The number of benzene rings is 1. The second-order valence-corrected chi connectivity index (χ2v) is 6.47. The molecule has 2 amide bonds. The van der Waals surface area contributed by atoms with E-state index < -0.39 is 36.0 Å². The van der Waals surface area contributed by atoms with Crippen LogP contribution in [0.5, 0.6) is 0 Å². The predicted molar refractivity (Wildman–Crippen MR) is 83.9 cm³/mol. The van der Waals surface area contributed by atoms with E-state index in [1.807, 2.05) is 0 Å². The van der Waals surface area contributed by atoms with Crippen molar-refractivity contribution >= 4 is 6.03 Å². The van der Waals surface area contributed by atoms with Crippen molar-refractivity contribution in [2.24, 2.45) is 0 Å². The molecule has 2 fully saturated rings. The molecule has 27 heavy (non-hydrogen) atoms. The fourth-order valence-corrected chi connectivity index (χ4v) is 3.30. The van der Waals surface area contributed by atoms with E-state index in [0.717, 1.165) is 12.8 Å². The average molecular weight is 394 g/mol. The number of nitrogens with zero attached hydrogens (tertiary/aromatic N) is 1. The van der Waals surface area contributed by atoms with Crippen molar-refractivity contribution in [2.45, 2.75) is 37.7 Å². The Morgan fingerprint density at radius 2 is 2.00 bits per heavy atom. The topological polar surface area (TPSA) is 50.8 Å². The lowest BCUT2D eigenvalue weighted by molar-refractivity contribution is -0.140. The van der Waals surface area contributed by atoms with E-state index in [9.17, 15) is 26.7 Å². The molecule has 1 aromatic rings. The summed E-state index contributed by atoms with van der Waals surface area (Å²) in [6, 6.07) is -0.273. The lowest BCUT2D eigenvalue weighted by Gasteiger charge is -2.38. The van der Waals surface area contributed by atoms with Crippen molar-refractivity contribution in [1.82, 2.24) is 10.2 Å². The summed E-state index contributed by atoms with van der Waals surface area (Å²) in [4.78, 5) is 14.0. The zero-order valence-corrected chi connectivity index (χ0v) is 14.3. The highest BCUT2D eigenvalue weighted by Crippen LogP contribution is 2.32. The zero-order valence-electron chi connectivity index (χ0n) is 14.3. The van der Waals surface area contributed by atoms with Crippen molar-refractivity contribution < 1.29 is 36.2 Å². The lowest BCUT2D eigenvalue weighted by atomic mass is 10.1. The van der Waals surface area contributed by atoms with Gasteiger partial charge in [0, 0.05) is 25.3 Å². The summed E-state index contributed by atoms with van der Waals surface area (Å²) < 4.78 is 76.3. The Kier molecular flexibility index (Phi) is 5.85. The molecular weight excluding hydrogens is 375 g/mol. The number of hydrogen-bond donors (Lipinski definition) is 1. The number of nitrogens with one attached hydrogen (secondary N) is 1. The normalized spacial score (nSPS) is 23.5. The lowest BCUT2D eigenvalue weighted by Crippen LogP contribution is -2.56. The van der Waals surface area contributed by atoms with E-state index in [1.54, 1.807) is 0 Å². The third-order valence-corrected chi connectivity index (χ3v) is 4.69. The van der Waals surface area contributed by atoms with Crippen molar-refractivity contribution in [2.75, 3.05) is 26.4 Å². The Morgan fingerprint density at radius 1 is 1.22 bits per heavy atom. The first kappa shape index (κ1) is 19.8. The van der Waals surface area contributed by atoms with E-state index in [2.05, 4.69) is 5.32 Å². The molecule has 2 aliphatic heterocycles. The molecule has 2 aliphatic rings. The van der Waals surface area contributed by atoms with Gasteiger partial charge >= 0.3 is 12.2 Å². The first-order valence-corrected chi connectivity index (χ1v) is 8.56. The Bertz CT molecular complexity index is 692. The standard InChI is InChI=1S/C17H19F5N2O3/c18-12-7-11(17(20,21)22)13(19)6-10(12)8-23-16(25)24-3-5-26-9-14(24)15-2-1-4-27-15/h6-7,14-15H,1-5,8-9H2,(H,23,25). The minimum atomic E-state index is -4.99. The first-order chi connectivity index (χ1) is 12.8. The molecule has 2 atom stereocenters. The maximum atomic E-state index is 13.9. The van der Waals surface area contributed by atoms with Gasteiger partial charge in [-0.15, -0.1) is 0 Å². The van der Waals surface area contributed by atoms with Crippen molar-refractivity contribution in [3.05, 3.63) is 34.9 Å². The second kappa shape index (κ2) is 7.97. The van der Waals surface area contributed by atoms with Gasteiger partial charge in [0.15, 0.2) is 0 Å². The molecule has 5 nitrogen and oxygen atoms in total. The molecule has 1 N–H and O–H groups in total. The van der Waals surface area contributed by atoms with Crippen LogP contribution >= 0.6 is 0 Å². The Morgan fingerprint density at radius 3 is 2.67 bits per heavy atom. The van der Waals surface area contributed by atoms with Gasteiger partial charge in [0.25, 0.3) is 0 Å². The summed E-state index contributed by atoms with van der Waals surface area (Å²) in [5, 5.41) is 2.44. The van der Waals surface area contributed by atoms with Gasteiger partial charge < -0.3 is 19.7 Å². The molecule has 150 valence electrons. The Hall–Kier alpha value is -1.94. The van der Waals surface area contributed by atoms with E-state index in [-0.39, 0.29) is 23.8 Å².